The van der Waals surface area contributed by atoms with Crippen molar-refractivity contribution < 1.29 is 4.79 Å². The monoisotopic (exact) mass is 407 g/mol. The highest BCUT2D eigenvalue weighted by Gasteiger charge is 2.10. The number of guanidine groups is 1. The Morgan fingerprint density at radius 1 is 1.37 bits per heavy atom. The van der Waals surface area contributed by atoms with Gasteiger partial charge < -0.3 is 15.5 Å². The largest absolute Gasteiger partial charge is 0.357 e. The Labute approximate surface area is 169 Å². The van der Waals surface area contributed by atoms with Crippen molar-refractivity contribution in [3.05, 3.63) is 44.9 Å². The van der Waals surface area contributed by atoms with E-state index in [1.54, 1.807) is 17.4 Å². The van der Waals surface area contributed by atoms with Crippen LogP contribution in [0.2, 0.25) is 5.02 Å². The number of aromatic nitrogens is 1. The van der Waals surface area contributed by atoms with Gasteiger partial charge in [-0.05, 0) is 38.5 Å². The summed E-state index contributed by atoms with van der Waals surface area (Å²) in [5, 5.41) is 9.88. The van der Waals surface area contributed by atoms with Crippen LogP contribution in [0.4, 0.5) is 5.69 Å². The molecule has 0 unspecified atom stereocenters. The van der Waals surface area contributed by atoms with Crippen LogP contribution in [-0.4, -0.2) is 41.9 Å². The molecule has 146 valence electrons. The number of carbonyl (C=O) groups is 1. The van der Waals surface area contributed by atoms with E-state index in [4.69, 9.17) is 11.6 Å². The number of aryl methyl sites for hydroxylation is 1. The standard InChI is InChI=1S/C19H26ClN5OS/c1-5-21-19(25(4)11-15-12-27-14(3)23-15)22-10-9-18(26)24-17-8-6-7-16(20)13(17)2/h6-8,12H,5,9-11H2,1-4H3,(H,21,22)(H,24,26). The predicted octanol–water partition coefficient (Wildman–Crippen LogP) is 3.84. The van der Waals surface area contributed by atoms with E-state index in [0.717, 1.165) is 34.5 Å². The highest BCUT2D eigenvalue weighted by Crippen LogP contribution is 2.22. The van der Waals surface area contributed by atoms with E-state index in [0.29, 0.717) is 24.5 Å². The fourth-order valence-corrected chi connectivity index (χ4v) is 3.27. The number of anilines is 1. The third-order valence-electron chi connectivity index (χ3n) is 3.90. The Kier molecular flexibility index (Phi) is 8.06. The molecule has 1 amide bonds. The van der Waals surface area contributed by atoms with Gasteiger partial charge in [0.05, 0.1) is 23.8 Å². The number of nitrogens with zero attached hydrogens (tertiary/aromatic N) is 3. The summed E-state index contributed by atoms with van der Waals surface area (Å²) in [7, 11) is 1.96. The van der Waals surface area contributed by atoms with E-state index in [-0.39, 0.29) is 5.91 Å². The first kappa shape index (κ1) is 21.2. The van der Waals surface area contributed by atoms with E-state index in [2.05, 4.69) is 26.0 Å². The summed E-state index contributed by atoms with van der Waals surface area (Å²) >= 11 is 7.73. The minimum atomic E-state index is -0.0854. The minimum absolute atomic E-state index is 0.0854. The summed E-state index contributed by atoms with van der Waals surface area (Å²) in [5.41, 5.74) is 2.61. The Balaban J connectivity index is 1.91. The Bertz CT molecular complexity index is 805. The minimum Gasteiger partial charge on any atom is -0.357 e. The second-order valence-corrected chi connectivity index (χ2v) is 7.63. The lowest BCUT2D eigenvalue weighted by molar-refractivity contribution is -0.116. The molecule has 1 heterocycles. The van der Waals surface area contributed by atoms with Crippen molar-refractivity contribution in [3.8, 4) is 0 Å². The van der Waals surface area contributed by atoms with Gasteiger partial charge in [-0.15, -0.1) is 11.3 Å². The summed E-state index contributed by atoms with van der Waals surface area (Å²) in [4.78, 5) is 23.3. The van der Waals surface area contributed by atoms with E-state index < -0.39 is 0 Å². The fraction of sp³-hybridized carbons (Fsp3) is 0.421. The second kappa shape index (κ2) is 10.3. The summed E-state index contributed by atoms with van der Waals surface area (Å²) in [6.07, 6.45) is 0.296. The van der Waals surface area contributed by atoms with Crippen LogP contribution >= 0.6 is 22.9 Å². The van der Waals surface area contributed by atoms with Crippen LogP contribution in [0.3, 0.4) is 0 Å². The topological polar surface area (TPSA) is 69.6 Å². The normalized spacial score (nSPS) is 11.4. The van der Waals surface area contributed by atoms with Gasteiger partial charge in [0.1, 0.15) is 0 Å². The molecule has 1 aromatic carbocycles. The van der Waals surface area contributed by atoms with Crippen LogP contribution < -0.4 is 10.6 Å². The highest BCUT2D eigenvalue weighted by atomic mass is 35.5. The zero-order valence-electron chi connectivity index (χ0n) is 16.2. The lowest BCUT2D eigenvalue weighted by Gasteiger charge is -2.21. The van der Waals surface area contributed by atoms with Crippen molar-refractivity contribution in [2.45, 2.75) is 33.7 Å². The zero-order valence-corrected chi connectivity index (χ0v) is 17.7. The molecule has 1 aromatic heterocycles. The lowest BCUT2D eigenvalue weighted by atomic mass is 10.2. The maximum Gasteiger partial charge on any atom is 0.226 e. The van der Waals surface area contributed by atoms with Gasteiger partial charge in [-0.3, -0.25) is 9.79 Å². The molecule has 0 aliphatic heterocycles. The van der Waals surface area contributed by atoms with Crippen molar-refractivity contribution >= 4 is 40.5 Å². The number of nitrogens with one attached hydrogen (secondary N) is 2. The molecule has 0 fully saturated rings. The van der Waals surface area contributed by atoms with Crippen LogP contribution in [0.25, 0.3) is 0 Å². The molecule has 2 rings (SSSR count). The van der Waals surface area contributed by atoms with Gasteiger partial charge in [-0.25, -0.2) is 4.98 Å². The molecule has 0 saturated carbocycles. The van der Waals surface area contributed by atoms with E-state index in [1.165, 1.54) is 0 Å². The number of aliphatic imine (C=N–C) groups is 1. The maximum absolute atomic E-state index is 12.2. The van der Waals surface area contributed by atoms with E-state index in [9.17, 15) is 4.79 Å². The summed E-state index contributed by atoms with van der Waals surface area (Å²) in [6.45, 7) is 7.72. The fourth-order valence-electron chi connectivity index (χ4n) is 2.49. The van der Waals surface area contributed by atoms with E-state index in [1.807, 2.05) is 44.9 Å². The van der Waals surface area contributed by atoms with Crippen LogP contribution in [0, 0.1) is 13.8 Å². The highest BCUT2D eigenvalue weighted by molar-refractivity contribution is 7.09. The number of benzene rings is 1. The van der Waals surface area contributed by atoms with Gasteiger partial charge in [0.15, 0.2) is 5.96 Å². The number of hydrogen-bond donors (Lipinski definition) is 2. The summed E-state index contributed by atoms with van der Waals surface area (Å²) in [6, 6.07) is 5.47. The summed E-state index contributed by atoms with van der Waals surface area (Å²) in [5.74, 6) is 0.674. The first-order valence-electron chi connectivity index (χ1n) is 8.86. The van der Waals surface area contributed by atoms with Gasteiger partial charge in [0.2, 0.25) is 5.91 Å². The molecule has 2 aromatic rings. The molecular formula is C19H26ClN5OS. The number of thiazole rings is 1. The average Bonchev–Trinajstić information content (AvgIpc) is 3.03. The number of halogens is 1. The molecule has 0 aliphatic rings. The first-order valence-corrected chi connectivity index (χ1v) is 10.1. The number of amides is 1. The van der Waals surface area contributed by atoms with Crippen LogP contribution in [0.1, 0.15) is 29.6 Å². The van der Waals surface area contributed by atoms with Crippen molar-refractivity contribution in [2.75, 3.05) is 25.5 Å². The van der Waals surface area contributed by atoms with Crippen molar-refractivity contribution in [1.82, 2.24) is 15.2 Å². The molecule has 0 radical (unpaired) electrons. The Morgan fingerprint density at radius 2 is 2.15 bits per heavy atom. The number of carbonyl (C=O) groups excluding carboxylic acids is 1. The molecule has 0 bridgehead atoms. The van der Waals surface area contributed by atoms with Crippen LogP contribution in [-0.2, 0) is 11.3 Å². The molecule has 0 atom stereocenters. The molecule has 0 saturated heterocycles. The number of hydrogen-bond acceptors (Lipinski definition) is 4. The Morgan fingerprint density at radius 3 is 2.81 bits per heavy atom. The predicted molar refractivity (Wildman–Crippen MR) is 114 cm³/mol. The second-order valence-electron chi connectivity index (χ2n) is 6.16. The third-order valence-corrected chi connectivity index (χ3v) is 5.14. The van der Waals surface area contributed by atoms with Crippen molar-refractivity contribution in [3.63, 3.8) is 0 Å². The molecule has 27 heavy (non-hydrogen) atoms. The first-order chi connectivity index (χ1) is 12.9. The SMILES string of the molecule is CCNC(=NCCC(=O)Nc1cccc(Cl)c1C)N(C)Cc1csc(C)n1. The van der Waals surface area contributed by atoms with Crippen molar-refractivity contribution in [2.24, 2.45) is 4.99 Å². The van der Waals surface area contributed by atoms with E-state index >= 15 is 0 Å². The zero-order chi connectivity index (χ0) is 19.8. The van der Waals surface area contributed by atoms with Gasteiger partial charge >= 0.3 is 0 Å². The van der Waals surface area contributed by atoms with Crippen molar-refractivity contribution in [1.29, 1.82) is 0 Å². The molecule has 6 nitrogen and oxygen atoms in total. The van der Waals surface area contributed by atoms with Gasteiger partial charge in [-0.1, -0.05) is 17.7 Å². The molecule has 0 aliphatic carbocycles. The van der Waals surface area contributed by atoms with Crippen LogP contribution in [0.5, 0.6) is 0 Å². The quantitative estimate of drug-likeness (QED) is 0.540. The average molecular weight is 408 g/mol. The van der Waals surface area contributed by atoms with Gasteiger partial charge in [0.25, 0.3) is 0 Å². The van der Waals surface area contributed by atoms with Crippen LogP contribution in [0.15, 0.2) is 28.6 Å². The molecular weight excluding hydrogens is 382 g/mol. The maximum atomic E-state index is 12.2. The summed E-state index contributed by atoms with van der Waals surface area (Å²) < 4.78 is 0. The molecule has 0 spiro atoms. The lowest BCUT2D eigenvalue weighted by Crippen LogP contribution is -2.38. The molecule has 2 N–H and O–H groups in total. The number of rotatable bonds is 7. The Hall–Kier alpha value is -2.12. The third kappa shape index (κ3) is 6.52. The van der Waals surface area contributed by atoms with Gasteiger partial charge in [0, 0.05) is 36.1 Å². The molecule has 8 heteroatoms. The smallest absolute Gasteiger partial charge is 0.226 e. The van der Waals surface area contributed by atoms with Gasteiger partial charge in [-0.2, -0.15) is 0 Å².